The predicted molar refractivity (Wildman–Crippen MR) is 123 cm³/mol. The van der Waals surface area contributed by atoms with Gasteiger partial charge in [-0.15, -0.1) is 0 Å². The summed E-state index contributed by atoms with van der Waals surface area (Å²) < 4.78 is 11.5. The van der Waals surface area contributed by atoms with Crippen LogP contribution in [0.15, 0.2) is 41.5 Å². The molecule has 2 aromatic rings. The maximum Gasteiger partial charge on any atom is 0.329 e. The first-order chi connectivity index (χ1) is 14.4. The molecule has 0 radical (unpaired) electrons. The fourth-order valence-corrected chi connectivity index (χ4v) is 2.93. The number of carbonyl (C=O) groups is 2. The van der Waals surface area contributed by atoms with Crippen molar-refractivity contribution in [2.45, 2.75) is 26.7 Å². The van der Waals surface area contributed by atoms with Crippen molar-refractivity contribution in [2.75, 3.05) is 18.5 Å². The number of carbonyl (C=O) groups excluding carboxylic acids is 2. The van der Waals surface area contributed by atoms with Crippen molar-refractivity contribution in [2.24, 2.45) is 5.10 Å². The van der Waals surface area contributed by atoms with Gasteiger partial charge in [0, 0.05) is 5.69 Å². The minimum atomic E-state index is -0.909. The van der Waals surface area contributed by atoms with Crippen LogP contribution in [0.3, 0.4) is 0 Å². The van der Waals surface area contributed by atoms with E-state index in [0.29, 0.717) is 39.5 Å². The zero-order valence-corrected chi connectivity index (χ0v) is 18.9. The molecule has 30 heavy (non-hydrogen) atoms. The van der Waals surface area contributed by atoms with Gasteiger partial charge in [-0.1, -0.05) is 13.3 Å². The SMILES string of the molecule is CCCCOc1ccc(NC(=O)C(=O)N/N=C\c2cc(I)c(O)c(OCC)c2)cc1. The highest BCUT2D eigenvalue weighted by molar-refractivity contribution is 14.1. The number of benzene rings is 2. The number of anilines is 1. The minimum absolute atomic E-state index is 0.0415. The molecule has 9 heteroatoms. The predicted octanol–water partition coefficient (Wildman–Crippen LogP) is 3.66. The molecule has 0 saturated carbocycles. The zero-order valence-electron chi connectivity index (χ0n) is 16.8. The van der Waals surface area contributed by atoms with Gasteiger partial charge >= 0.3 is 11.8 Å². The van der Waals surface area contributed by atoms with Gasteiger partial charge in [-0.3, -0.25) is 9.59 Å². The monoisotopic (exact) mass is 525 g/mol. The molecule has 8 nitrogen and oxygen atoms in total. The topological polar surface area (TPSA) is 109 Å². The third-order valence-corrected chi connectivity index (χ3v) is 4.64. The molecule has 0 bridgehead atoms. The smallest absolute Gasteiger partial charge is 0.329 e. The molecule has 3 N–H and O–H groups in total. The van der Waals surface area contributed by atoms with E-state index in [1.54, 1.807) is 43.3 Å². The van der Waals surface area contributed by atoms with Gasteiger partial charge in [0.05, 0.1) is 23.0 Å². The molecule has 0 fully saturated rings. The maximum atomic E-state index is 12.0. The quantitative estimate of drug-likeness (QED) is 0.152. The number of halogens is 1. The highest BCUT2D eigenvalue weighted by atomic mass is 127. The number of phenols is 1. The van der Waals surface area contributed by atoms with Crippen LogP contribution >= 0.6 is 22.6 Å². The molecular weight excluding hydrogens is 501 g/mol. The van der Waals surface area contributed by atoms with Crippen LogP contribution in [-0.2, 0) is 9.59 Å². The fraction of sp³-hybridized carbons (Fsp3) is 0.286. The summed E-state index contributed by atoms with van der Waals surface area (Å²) in [5, 5.41) is 16.2. The lowest BCUT2D eigenvalue weighted by Gasteiger charge is -2.08. The summed E-state index contributed by atoms with van der Waals surface area (Å²) in [6.07, 6.45) is 3.37. The highest BCUT2D eigenvalue weighted by Crippen LogP contribution is 2.32. The number of phenolic OH excluding ortho intramolecular Hbond substituents is 1. The second-order valence-electron chi connectivity index (χ2n) is 6.16. The molecule has 0 aromatic heterocycles. The van der Waals surface area contributed by atoms with Gasteiger partial charge in [-0.25, -0.2) is 5.43 Å². The molecule has 0 aliphatic heterocycles. The van der Waals surface area contributed by atoms with Crippen LogP contribution in [0.5, 0.6) is 17.2 Å². The molecule has 0 unspecified atom stereocenters. The van der Waals surface area contributed by atoms with Gasteiger partial charge in [-0.2, -0.15) is 5.10 Å². The van der Waals surface area contributed by atoms with Gasteiger partial charge in [0.2, 0.25) is 0 Å². The number of nitrogens with one attached hydrogen (secondary N) is 2. The Bertz CT molecular complexity index is 900. The van der Waals surface area contributed by atoms with Crippen molar-refractivity contribution >= 4 is 46.3 Å². The highest BCUT2D eigenvalue weighted by Gasteiger charge is 2.13. The van der Waals surface area contributed by atoms with Crippen LogP contribution in [0.4, 0.5) is 5.69 Å². The van der Waals surface area contributed by atoms with Gasteiger partial charge < -0.3 is 19.9 Å². The zero-order chi connectivity index (χ0) is 21.9. The molecule has 0 aliphatic carbocycles. The maximum absolute atomic E-state index is 12.0. The van der Waals surface area contributed by atoms with Crippen LogP contribution in [0, 0.1) is 3.57 Å². The van der Waals surface area contributed by atoms with Crippen LogP contribution in [0.25, 0.3) is 0 Å². The van der Waals surface area contributed by atoms with Crippen LogP contribution < -0.4 is 20.2 Å². The van der Waals surface area contributed by atoms with Gasteiger partial charge in [0.1, 0.15) is 5.75 Å². The average Bonchev–Trinajstić information content (AvgIpc) is 2.73. The number of nitrogens with zero attached hydrogens (tertiary/aromatic N) is 1. The number of aromatic hydroxyl groups is 1. The molecule has 2 rings (SSSR count). The van der Waals surface area contributed by atoms with Crippen molar-refractivity contribution in [1.82, 2.24) is 5.43 Å². The van der Waals surface area contributed by atoms with E-state index in [1.807, 2.05) is 22.6 Å². The lowest BCUT2D eigenvalue weighted by molar-refractivity contribution is -0.136. The Morgan fingerprint density at radius 1 is 1.13 bits per heavy atom. The number of amides is 2. The lowest BCUT2D eigenvalue weighted by Crippen LogP contribution is -2.32. The molecule has 0 heterocycles. The third kappa shape index (κ3) is 7.21. The molecule has 0 atom stereocenters. The van der Waals surface area contributed by atoms with E-state index in [-0.39, 0.29) is 5.75 Å². The van der Waals surface area contributed by atoms with Crippen LogP contribution in [-0.4, -0.2) is 36.3 Å². The van der Waals surface area contributed by atoms with Crippen molar-refractivity contribution in [1.29, 1.82) is 0 Å². The lowest BCUT2D eigenvalue weighted by atomic mass is 10.2. The normalized spacial score (nSPS) is 10.6. The van der Waals surface area contributed by atoms with E-state index in [9.17, 15) is 14.7 Å². The Labute approximate surface area is 188 Å². The first-order valence-corrected chi connectivity index (χ1v) is 10.5. The van der Waals surface area contributed by atoms with E-state index in [0.717, 1.165) is 12.8 Å². The van der Waals surface area contributed by atoms with Crippen molar-refractivity contribution < 1.29 is 24.2 Å². The van der Waals surface area contributed by atoms with Crippen LogP contribution in [0.2, 0.25) is 0 Å². The number of hydrogen-bond donors (Lipinski definition) is 3. The number of unbranched alkanes of at least 4 members (excludes halogenated alkanes) is 1. The summed E-state index contributed by atoms with van der Waals surface area (Å²) in [5.41, 5.74) is 3.24. The molecule has 0 saturated heterocycles. The summed E-state index contributed by atoms with van der Waals surface area (Å²) in [6, 6.07) is 10.0. The fourth-order valence-electron chi connectivity index (χ4n) is 2.31. The Hall–Kier alpha value is -2.82. The second-order valence-corrected chi connectivity index (χ2v) is 7.32. The van der Waals surface area contributed by atoms with Gasteiger partial charge in [0.25, 0.3) is 0 Å². The second kappa shape index (κ2) is 12.0. The van der Waals surface area contributed by atoms with E-state index in [4.69, 9.17) is 9.47 Å². The minimum Gasteiger partial charge on any atom is -0.504 e. The van der Waals surface area contributed by atoms with Crippen molar-refractivity contribution in [3.8, 4) is 17.2 Å². The summed E-state index contributed by atoms with van der Waals surface area (Å²) in [6.45, 7) is 4.92. The molecule has 2 amide bonds. The van der Waals surface area contributed by atoms with E-state index in [2.05, 4.69) is 22.8 Å². The number of hydrogen-bond acceptors (Lipinski definition) is 6. The summed E-state index contributed by atoms with van der Waals surface area (Å²) in [7, 11) is 0. The molecule has 160 valence electrons. The first-order valence-electron chi connectivity index (χ1n) is 9.47. The first kappa shape index (κ1) is 23.5. The van der Waals surface area contributed by atoms with Crippen molar-refractivity contribution in [3.05, 3.63) is 45.5 Å². The summed E-state index contributed by atoms with van der Waals surface area (Å²) >= 11 is 1.96. The van der Waals surface area contributed by atoms with Gasteiger partial charge in [-0.05, 0) is 77.9 Å². The Morgan fingerprint density at radius 3 is 2.53 bits per heavy atom. The Kier molecular flexibility index (Phi) is 9.39. The molecule has 0 spiro atoms. The average molecular weight is 525 g/mol. The standard InChI is InChI=1S/C21H24IN3O5/c1-3-5-10-30-16-8-6-15(7-9-16)24-20(27)21(28)25-23-13-14-11-17(22)19(26)18(12-14)29-4-2/h6-9,11-13,26H,3-5,10H2,1-2H3,(H,24,27)(H,25,28)/b23-13-. The Balaban J connectivity index is 1.89. The van der Waals surface area contributed by atoms with E-state index < -0.39 is 11.8 Å². The number of ether oxygens (including phenoxy) is 2. The van der Waals surface area contributed by atoms with Gasteiger partial charge in [0.15, 0.2) is 11.5 Å². The van der Waals surface area contributed by atoms with E-state index >= 15 is 0 Å². The Morgan fingerprint density at radius 2 is 1.87 bits per heavy atom. The number of rotatable bonds is 9. The summed E-state index contributed by atoms with van der Waals surface area (Å²) in [5.74, 6) is -0.697. The molecular formula is C21H24IN3O5. The van der Waals surface area contributed by atoms with E-state index in [1.165, 1.54) is 6.21 Å². The molecule has 2 aromatic carbocycles. The number of hydrazone groups is 1. The summed E-state index contributed by atoms with van der Waals surface area (Å²) in [4.78, 5) is 23.9. The largest absolute Gasteiger partial charge is 0.504 e. The third-order valence-electron chi connectivity index (χ3n) is 3.82. The molecule has 0 aliphatic rings. The van der Waals surface area contributed by atoms with Crippen LogP contribution in [0.1, 0.15) is 32.3 Å². The van der Waals surface area contributed by atoms with Crippen molar-refractivity contribution in [3.63, 3.8) is 0 Å².